The fourth-order valence-electron chi connectivity index (χ4n) is 2.20. The van der Waals surface area contributed by atoms with Gasteiger partial charge >= 0.3 is 0 Å². The van der Waals surface area contributed by atoms with Gasteiger partial charge in [0.15, 0.2) is 0 Å². The summed E-state index contributed by atoms with van der Waals surface area (Å²) in [7, 11) is 0. The van der Waals surface area contributed by atoms with Crippen molar-refractivity contribution in [2.75, 3.05) is 5.73 Å². The topological polar surface area (TPSA) is 52.0 Å². The molecule has 0 bridgehead atoms. The molecule has 0 amide bonds. The second-order valence-electron chi connectivity index (χ2n) is 4.76. The number of rotatable bonds is 2. The Hall–Kier alpha value is -1.59. The number of nitrogens with zero attached hydrogens (tertiary/aromatic N) is 1. The number of nitrogens with two attached hydrogens (primary N) is 1. The fourth-order valence-corrected chi connectivity index (χ4v) is 2.90. The summed E-state index contributed by atoms with van der Waals surface area (Å²) >= 11 is 7.00. The molecule has 5 heteroatoms. The van der Waals surface area contributed by atoms with E-state index < -0.39 is 0 Å². The van der Waals surface area contributed by atoms with Crippen molar-refractivity contribution >= 4 is 37.7 Å². The molecule has 2 aromatic carbocycles. The van der Waals surface area contributed by atoms with E-state index in [-0.39, 0.29) is 0 Å². The number of benzene rings is 2. The zero-order valence-corrected chi connectivity index (χ0v) is 14.4. The predicted octanol–water partition coefficient (Wildman–Crippen LogP) is 5.42. The van der Waals surface area contributed by atoms with E-state index in [1.165, 1.54) is 0 Å². The number of aromatic nitrogens is 1. The number of hydrogen-bond donors (Lipinski definition) is 1. The molecule has 0 saturated carbocycles. The van der Waals surface area contributed by atoms with Gasteiger partial charge in [-0.2, -0.15) is 0 Å². The van der Waals surface area contributed by atoms with Crippen molar-refractivity contribution in [3.8, 4) is 22.4 Å². The Labute approximate surface area is 139 Å². The third-order valence-electron chi connectivity index (χ3n) is 3.23. The molecule has 1 heterocycles. The van der Waals surface area contributed by atoms with Crippen LogP contribution in [0.4, 0.5) is 5.88 Å². The predicted molar refractivity (Wildman–Crippen MR) is 91.9 cm³/mol. The molecule has 3 nitrogen and oxygen atoms in total. The monoisotopic (exact) mass is 406 g/mol. The largest absolute Gasteiger partial charge is 0.367 e. The van der Waals surface area contributed by atoms with Gasteiger partial charge in [-0.15, -0.1) is 0 Å². The molecule has 1 aromatic heterocycles. The van der Waals surface area contributed by atoms with Crippen LogP contribution in [0, 0.1) is 6.92 Å². The van der Waals surface area contributed by atoms with Gasteiger partial charge in [-0.3, -0.25) is 0 Å². The van der Waals surface area contributed by atoms with Crippen LogP contribution in [0.1, 0.15) is 5.56 Å². The summed E-state index contributed by atoms with van der Waals surface area (Å²) in [5, 5.41) is 4.15. The summed E-state index contributed by atoms with van der Waals surface area (Å²) in [4.78, 5) is 0. The van der Waals surface area contributed by atoms with Gasteiger partial charge in [-0.1, -0.05) is 60.8 Å². The van der Waals surface area contributed by atoms with Crippen molar-refractivity contribution in [3.63, 3.8) is 0 Å². The Balaban J connectivity index is 2.21. The zero-order chi connectivity index (χ0) is 15.0. The van der Waals surface area contributed by atoms with Crippen molar-refractivity contribution < 1.29 is 4.52 Å². The molecule has 0 saturated heterocycles. The molecule has 3 rings (SSSR count). The summed E-state index contributed by atoms with van der Waals surface area (Å²) in [6, 6.07) is 14.0. The number of hydrogen-bond acceptors (Lipinski definition) is 3. The maximum atomic E-state index is 5.98. The van der Waals surface area contributed by atoms with Crippen molar-refractivity contribution in [2.24, 2.45) is 0 Å². The molecule has 3 aromatic rings. The normalized spacial score (nSPS) is 10.8. The molecule has 0 aliphatic heterocycles. The van der Waals surface area contributed by atoms with Gasteiger partial charge in [0.25, 0.3) is 0 Å². The maximum Gasteiger partial charge on any atom is 0.230 e. The third-order valence-corrected chi connectivity index (χ3v) is 4.45. The first kappa shape index (κ1) is 14.4. The standard InChI is InChI=1S/C16H12Br2N2O/c1-9-2-7-13(18)12(8-9)15-14(16(19)21-20-15)10-3-5-11(17)6-4-10/h2-8H,19H2,1H3. The van der Waals surface area contributed by atoms with Gasteiger partial charge in [-0.25, -0.2) is 0 Å². The first-order valence-corrected chi connectivity index (χ1v) is 7.92. The van der Waals surface area contributed by atoms with Crippen molar-refractivity contribution in [3.05, 3.63) is 57.0 Å². The Morgan fingerprint density at radius 1 is 1.05 bits per heavy atom. The van der Waals surface area contributed by atoms with Crippen LogP contribution < -0.4 is 5.73 Å². The van der Waals surface area contributed by atoms with Gasteiger partial charge in [0.05, 0.1) is 5.56 Å². The van der Waals surface area contributed by atoms with E-state index in [1.807, 2.05) is 43.3 Å². The highest BCUT2D eigenvalue weighted by Gasteiger charge is 2.19. The lowest BCUT2D eigenvalue weighted by molar-refractivity contribution is 0.439. The minimum Gasteiger partial charge on any atom is -0.367 e. The summed E-state index contributed by atoms with van der Waals surface area (Å²) in [6.07, 6.45) is 0. The van der Waals surface area contributed by atoms with E-state index in [9.17, 15) is 0 Å². The van der Waals surface area contributed by atoms with Crippen LogP contribution in [0.25, 0.3) is 22.4 Å². The molecule has 0 spiro atoms. The summed E-state index contributed by atoms with van der Waals surface area (Å²) in [6.45, 7) is 2.04. The van der Waals surface area contributed by atoms with Crippen LogP contribution in [0.2, 0.25) is 0 Å². The molecule has 0 aliphatic carbocycles. The van der Waals surface area contributed by atoms with E-state index >= 15 is 0 Å². The average molecular weight is 408 g/mol. The van der Waals surface area contributed by atoms with E-state index in [0.717, 1.165) is 36.9 Å². The molecule has 0 atom stereocenters. The minimum atomic E-state index is 0.320. The summed E-state index contributed by atoms with van der Waals surface area (Å²) in [5.74, 6) is 0.320. The number of aryl methyl sites for hydroxylation is 1. The second kappa shape index (κ2) is 5.66. The van der Waals surface area contributed by atoms with E-state index in [1.54, 1.807) is 0 Å². The lowest BCUT2D eigenvalue weighted by Gasteiger charge is -2.06. The van der Waals surface area contributed by atoms with Crippen molar-refractivity contribution in [2.45, 2.75) is 6.92 Å². The molecular formula is C16H12Br2N2O. The van der Waals surface area contributed by atoms with Crippen LogP contribution in [0.5, 0.6) is 0 Å². The maximum absolute atomic E-state index is 5.98. The average Bonchev–Trinajstić information content (AvgIpc) is 2.84. The van der Waals surface area contributed by atoms with Gasteiger partial charge in [0.2, 0.25) is 5.88 Å². The number of halogens is 2. The smallest absolute Gasteiger partial charge is 0.230 e. The summed E-state index contributed by atoms with van der Waals surface area (Å²) < 4.78 is 7.20. The molecule has 0 aliphatic rings. The lowest BCUT2D eigenvalue weighted by Crippen LogP contribution is -1.89. The van der Waals surface area contributed by atoms with Gasteiger partial charge in [-0.05, 0) is 36.8 Å². The second-order valence-corrected chi connectivity index (χ2v) is 6.53. The van der Waals surface area contributed by atoms with Crippen LogP contribution in [-0.2, 0) is 0 Å². The highest BCUT2D eigenvalue weighted by atomic mass is 79.9. The Morgan fingerprint density at radius 3 is 2.48 bits per heavy atom. The van der Waals surface area contributed by atoms with Gasteiger partial charge in [0.1, 0.15) is 5.69 Å². The quantitative estimate of drug-likeness (QED) is 0.616. The molecule has 106 valence electrons. The summed E-state index contributed by atoms with van der Waals surface area (Å²) in [5.41, 5.74) is 10.6. The molecular weight excluding hydrogens is 396 g/mol. The van der Waals surface area contributed by atoms with E-state index in [2.05, 4.69) is 43.1 Å². The molecule has 0 unspecified atom stereocenters. The Morgan fingerprint density at radius 2 is 1.76 bits per heavy atom. The Bertz CT molecular complexity index is 795. The molecule has 0 fully saturated rings. The zero-order valence-electron chi connectivity index (χ0n) is 11.2. The van der Waals surface area contributed by atoms with Crippen LogP contribution in [-0.4, -0.2) is 5.16 Å². The lowest BCUT2D eigenvalue weighted by atomic mass is 10.00. The first-order valence-electron chi connectivity index (χ1n) is 6.34. The number of anilines is 1. The van der Waals surface area contributed by atoms with Gasteiger partial charge < -0.3 is 10.3 Å². The van der Waals surface area contributed by atoms with Crippen LogP contribution in [0.15, 0.2) is 55.9 Å². The number of nitrogen functional groups attached to an aromatic ring is 1. The van der Waals surface area contributed by atoms with Crippen molar-refractivity contribution in [1.82, 2.24) is 5.16 Å². The Kier molecular flexibility index (Phi) is 3.87. The fraction of sp³-hybridized carbons (Fsp3) is 0.0625. The van der Waals surface area contributed by atoms with Crippen molar-refractivity contribution in [1.29, 1.82) is 0 Å². The van der Waals surface area contributed by atoms with Crippen LogP contribution >= 0.6 is 31.9 Å². The third kappa shape index (κ3) is 2.76. The van der Waals surface area contributed by atoms with Crippen LogP contribution in [0.3, 0.4) is 0 Å². The molecule has 2 N–H and O–H groups in total. The van der Waals surface area contributed by atoms with Gasteiger partial charge in [0, 0.05) is 14.5 Å². The molecule has 21 heavy (non-hydrogen) atoms. The highest BCUT2D eigenvalue weighted by Crippen LogP contribution is 2.39. The van der Waals surface area contributed by atoms with E-state index in [0.29, 0.717) is 5.88 Å². The SMILES string of the molecule is Cc1ccc(Br)c(-c2noc(N)c2-c2ccc(Br)cc2)c1. The highest BCUT2D eigenvalue weighted by molar-refractivity contribution is 9.10. The van der Waals surface area contributed by atoms with E-state index in [4.69, 9.17) is 10.3 Å². The molecule has 0 radical (unpaired) electrons. The minimum absolute atomic E-state index is 0.320. The first-order chi connectivity index (χ1) is 10.1.